The van der Waals surface area contributed by atoms with Crippen LogP contribution >= 0.6 is 0 Å². The first kappa shape index (κ1) is 25.7. The molecule has 0 atom stereocenters. The summed E-state index contributed by atoms with van der Waals surface area (Å²) in [5.74, 6) is 0. The Morgan fingerprint density at radius 1 is 0.640 bits per heavy atom. The van der Waals surface area contributed by atoms with Crippen LogP contribution in [0.5, 0.6) is 0 Å². The van der Waals surface area contributed by atoms with Gasteiger partial charge in [0.1, 0.15) is 0 Å². The van der Waals surface area contributed by atoms with E-state index in [2.05, 4.69) is 104 Å². The molecule has 0 amide bonds. The molecule has 0 fully saturated rings. The van der Waals surface area contributed by atoms with Crippen molar-refractivity contribution in [3.8, 4) is 11.1 Å². The second kappa shape index (κ2) is 11.2. The van der Waals surface area contributed by atoms with Gasteiger partial charge in [0.15, 0.2) is 0 Å². The van der Waals surface area contributed by atoms with Crippen LogP contribution in [0.4, 0.5) is 0 Å². The van der Waals surface area contributed by atoms with Crippen LogP contribution in [0, 0.1) is 12.1 Å². The second-order valence-electron chi connectivity index (χ2n) is 7.48. The maximum absolute atomic E-state index is 7.50. The molecule has 2 aromatic rings. The first-order chi connectivity index (χ1) is 11.2. The van der Waals surface area contributed by atoms with Crippen molar-refractivity contribution in [2.24, 2.45) is 0 Å². The van der Waals surface area contributed by atoms with Gasteiger partial charge in [-0.25, -0.2) is 11.1 Å². The van der Waals surface area contributed by atoms with Gasteiger partial charge in [0.05, 0.1) is 0 Å². The topological polar surface area (TPSA) is 34.1 Å². The minimum atomic E-state index is 0. The molecule has 3 heteroatoms. The summed E-state index contributed by atoms with van der Waals surface area (Å²) in [6, 6.07) is 19.6. The minimum Gasteiger partial charge on any atom is -0.573 e. The van der Waals surface area contributed by atoms with Crippen molar-refractivity contribution in [3.05, 3.63) is 59.7 Å². The Labute approximate surface area is 167 Å². The Balaban J connectivity index is 0. The van der Waals surface area contributed by atoms with E-state index in [0.717, 1.165) is 11.1 Å². The number of benzene rings is 2. The third kappa shape index (κ3) is 7.92. The van der Waals surface area contributed by atoms with Gasteiger partial charge in [0.2, 0.25) is 0 Å². The first-order valence-corrected chi connectivity index (χ1v) is 7.63. The van der Waals surface area contributed by atoms with E-state index in [0.29, 0.717) is 0 Å². The normalized spacial score (nSPS) is 10.3. The molecule has 0 aromatic heterocycles. The summed E-state index contributed by atoms with van der Waals surface area (Å²) in [5, 5.41) is 0. The van der Waals surface area contributed by atoms with Crippen LogP contribution in [0.1, 0.15) is 52.7 Å². The average molecular weight is 516 g/mol. The SMILES string of the molecule is CC(C)(C)c1c[c-]c(-c2[c-]cc(C(C)(C)C)cc2)cc1.[C-]=O.[C-]=O.[Pt+4]. The Morgan fingerprint density at radius 3 is 1.08 bits per heavy atom. The quantitative estimate of drug-likeness (QED) is 0.514. The van der Waals surface area contributed by atoms with Crippen LogP contribution in [0.25, 0.3) is 11.1 Å². The molecule has 0 heterocycles. The van der Waals surface area contributed by atoms with Crippen LogP contribution in [-0.2, 0) is 41.5 Å². The number of carbonyl (C=O) groups excluding carboxylic acids is 2. The molecule has 0 N–H and O–H groups in total. The molecule has 2 aromatic carbocycles. The van der Waals surface area contributed by atoms with Crippen molar-refractivity contribution in [2.45, 2.75) is 52.4 Å². The summed E-state index contributed by atoms with van der Waals surface area (Å²) >= 11 is 0. The van der Waals surface area contributed by atoms with Crippen molar-refractivity contribution in [1.29, 1.82) is 0 Å². The fourth-order valence-electron chi connectivity index (χ4n) is 2.12. The standard InChI is InChI=1S/C20H24.2CO.Pt/c1-19(2,3)17-11-7-15(8-12-17)16-9-13-18(14-10-16)20(4,5)6;2*1-2;/h7,9,11-14H,1-6H3;;;/q-2;2*-1;+4. The van der Waals surface area contributed by atoms with Gasteiger partial charge in [-0.2, -0.15) is 48.5 Å². The molecule has 0 spiro atoms. The summed E-state index contributed by atoms with van der Waals surface area (Å²) in [4.78, 5) is 15.0. The molecule has 2 rings (SSSR count). The smallest absolute Gasteiger partial charge is 0.573 e. The summed E-state index contributed by atoms with van der Waals surface area (Å²) < 4.78 is 0. The van der Waals surface area contributed by atoms with E-state index in [1.54, 1.807) is 0 Å². The molecule has 0 aliphatic carbocycles. The molecule has 0 aliphatic heterocycles. The fourth-order valence-corrected chi connectivity index (χ4v) is 2.12. The van der Waals surface area contributed by atoms with Crippen molar-refractivity contribution in [1.82, 2.24) is 0 Å². The molecule has 134 valence electrons. The largest absolute Gasteiger partial charge is 4.00 e. The summed E-state index contributed by atoms with van der Waals surface area (Å²) in [5.41, 5.74) is 5.20. The van der Waals surface area contributed by atoms with Crippen molar-refractivity contribution < 1.29 is 30.7 Å². The Hall–Kier alpha value is -1.53. The molecule has 25 heavy (non-hydrogen) atoms. The molecule has 0 aliphatic rings. The first-order valence-electron chi connectivity index (χ1n) is 7.63. The van der Waals surface area contributed by atoms with E-state index in [9.17, 15) is 0 Å². The van der Waals surface area contributed by atoms with E-state index < -0.39 is 0 Å². The Kier molecular flexibility index (Phi) is 11.5. The van der Waals surface area contributed by atoms with Crippen molar-refractivity contribution in [2.75, 3.05) is 0 Å². The van der Waals surface area contributed by atoms with Gasteiger partial charge in [0, 0.05) is 0 Å². The number of hydrogen-bond acceptors (Lipinski definition) is 2. The monoisotopic (exact) mass is 515 g/mol. The van der Waals surface area contributed by atoms with Crippen molar-refractivity contribution in [3.63, 3.8) is 0 Å². The maximum atomic E-state index is 7.50. The van der Waals surface area contributed by atoms with E-state index in [1.807, 2.05) is 0 Å². The Bertz CT molecular complexity index is 545. The van der Waals surface area contributed by atoms with Crippen LogP contribution in [0.3, 0.4) is 0 Å². The third-order valence-corrected chi connectivity index (χ3v) is 3.65. The number of rotatable bonds is 1. The van der Waals surface area contributed by atoms with E-state index in [-0.39, 0.29) is 31.9 Å². The van der Waals surface area contributed by atoms with E-state index >= 15 is 0 Å². The summed E-state index contributed by atoms with van der Waals surface area (Å²) in [7, 11) is 0. The van der Waals surface area contributed by atoms with Gasteiger partial charge in [0.25, 0.3) is 0 Å². The summed E-state index contributed by atoms with van der Waals surface area (Å²) in [6.45, 7) is 22.3. The zero-order valence-corrected chi connectivity index (χ0v) is 17.9. The number of hydrogen-bond donors (Lipinski definition) is 0. The minimum absolute atomic E-state index is 0. The van der Waals surface area contributed by atoms with Crippen molar-refractivity contribution >= 4 is 13.6 Å². The molecule has 0 saturated heterocycles. The fraction of sp³-hybridized carbons (Fsp3) is 0.364. The van der Waals surface area contributed by atoms with Crippen LogP contribution in [0.2, 0.25) is 0 Å². The van der Waals surface area contributed by atoms with E-state index in [1.165, 1.54) is 11.1 Å². The maximum Gasteiger partial charge on any atom is 4.00 e. The second-order valence-corrected chi connectivity index (χ2v) is 7.48. The molecular formula is C22H24O2Pt. The van der Waals surface area contributed by atoms with Gasteiger partial charge in [-0.1, -0.05) is 41.5 Å². The van der Waals surface area contributed by atoms with Gasteiger partial charge in [-0.15, -0.1) is 11.1 Å². The zero-order valence-electron chi connectivity index (χ0n) is 15.6. The predicted molar refractivity (Wildman–Crippen MR) is 98.3 cm³/mol. The van der Waals surface area contributed by atoms with Crippen LogP contribution in [-0.4, -0.2) is 13.6 Å². The van der Waals surface area contributed by atoms with E-state index in [4.69, 9.17) is 9.59 Å². The van der Waals surface area contributed by atoms with Gasteiger partial charge in [-0.3, -0.25) is 0 Å². The van der Waals surface area contributed by atoms with Gasteiger partial charge >= 0.3 is 21.1 Å². The summed E-state index contributed by atoms with van der Waals surface area (Å²) in [6.07, 6.45) is 0. The zero-order chi connectivity index (χ0) is 19.0. The molecule has 0 saturated carbocycles. The molecule has 0 unspecified atom stereocenters. The Morgan fingerprint density at radius 2 is 0.920 bits per heavy atom. The molecule has 2 nitrogen and oxygen atoms in total. The molecular weight excluding hydrogens is 491 g/mol. The van der Waals surface area contributed by atoms with Crippen LogP contribution in [0.15, 0.2) is 36.4 Å². The third-order valence-electron chi connectivity index (χ3n) is 3.65. The van der Waals surface area contributed by atoms with Gasteiger partial charge < -0.3 is 23.2 Å². The van der Waals surface area contributed by atoms with Crippen LogP contribution < -0.4 is 0 Å². The molecule has 2 radical (unpaired) electrons. The molecule has 0 bridgehead atoms. The van der Waals surface area contributed by atoms with Gasteiger partial charge in [-0.05, 0) is 10.8 Å². The average Bonchev–Trinajstić information content (AvgIpc) is 2.57. The predicted octanol–water partition coefficient (Wildman–Crippen LogP) is 4.75.